The van der Waals surface area contributed by atoms with E-state index in [-0.39, 0.29) is 0 Å². The lowest BCUT2D eigenvalue weighted by Crippen LogP contribution is -2.47. The van der Waals surface area contributed by atoms with Crippen LogP contribution in [0.4, 0.5) is 4.79 Å². The third kappa shape index (κ3) is 4.33. The van der Waals surface area contributed by atoms with E-state index in [2.05, 4.69) is 45.2 Å². The van der Waals surface area contributed by atoms with Gasteiger partial charge in [0.2, 0.25) is 0 Å². The number of piperazine rings is 1. The van der Waals surface area contributed by atoms with Gasteiger partial charge in [-0.25, -0.2) is 19.7 Å². The van der Waals surface area contributed by atoms with E-state index in [0.29, 0.717) is 44.3 Å². The number of H-pyrrole nitrogens is 1. The molecule has 1 fully saturated rings. The molecule has 10 heteroatoms. The molecule has 40 heavy (non-hydrogen) atoms. The molecular formula is C30H26ClN7O2. The maximum Gasteiger partial charge on any atom is 0.407 e. The Morgan fingerprint density at radius 2 is 1.73 bits per heavy atom. The summed E-state index contributed by atoms with van der Waals surface area (Å²) >= 11 is 6.68. The van der Waals surface area contributed by atoms with E-state index in [1.807, 2.05) is 40.9 Å². The zero-order valence-corrected chi connectivity index (χ0v) is 22.3. The Balaban J connectivity index is 1.28. The van der Waals surface area contributed by atoms with Crippen LogP contribution in [-0.4, -0.2) is 71.5 Å². The topological polar surface area (TPSA) is 103 Å². The standard InChI is InChI=1S/C30H26ClN7O2/c31-29-28-27(35-26(38(28)12-11-32-29)18-36-13-15-37(16-14-36)30(39)40)22-10-9-19(20-5-1-2-6-21(20)22)17-25-33-23-7-3-4-8-24(23)34-25/h1-12H,13-18H2,(H,33,34)(H,39,40). The summed E-state index contributed by atoms with van der Waals surface area (Å²) < 4.78 is 2.01. The van der Waals surface area contributed by atoms with Gasteiger partial charge < -0.3 is 15.0 Å². The number of nitrogens with one attached hydrogen (secondary N) is 1. The molecule has 0 unspecified atom stereocenters. The number of carbonyl (C=O) groups is 1. The number of benzene rings is 3. The molecule has 200 valence electrons. The number of halogens is 1. The lowest BCUT2D eigenvalue weighted by Gasteiger charge is -2.32. The highest BCUT2D eigenvalue weighted by Crippen LogP contribution is 2.36. The van der Waals surface area contributed by atoms with Crippen molar-refractivity contribution in [2.24, 2.45) is 0 Å². The van der Waals surface area contributed by atoms with Crippen molar-refractivity contribution in [1.82, 2.24) is 34.1 Å². The molecule has 3 aromatic heterocycles. The van der Waals surface area contributed by atoms with Gasteiger partial charge in [-0.1, -0.05) is 60.1 Å². The Morgan fingerprint density at radius 3 is 2.52 bits per heavy atom. The highest BCUT2D eigenvalue weighted by Gasteiger charge is 2.24. The molecule has 0 aliphatic carbocycles. The first-order chi connectivity index (χ1) is 19.5. The lowest BCUT2D eigenvalue weighted by atomic mass is 9.96. The largest absolute Gasteiger partial charge is 0.465 e. The van der Waals surface area contributed by atoms with Crippen LogP contribution in [0.25, 0.3) is 38.6 Å². The number of amides is 1. The molecule has 9 nitrogen and oxygen atoms in total. The first kappa shape index (κ1) is 24.6. The molecular weight excluding hydrogens is 526 g/mol. The van der Waals surface area contributed by atoms with Crippen molar-refractivity contribution in [3.05, 3.63) is 95.4 Å². The van der Waals surface area contributed by atoms with Gasteiger partial charge in [0.05, 0.1) is 17.6 Å². The number of carboxylic acid groups (broad SMARTS) is 1. The van der Waals surface area contributed by atoms with Crippen LogP contribution in [0, 0.1) is 0 Å². The first-order valence-corrected chi connectivity index (χ1v) is 13.6. The first-order valence-electron chi connectivity index (χ1n) is 13.2. The molecule has 1 amide bonds. The van der Waals surface area contributed by atoms with Crippen molar-refractivity contribution in [3.8, 4) is 11.3 Å². The minimum atomic E-state index is -0.873. The van der Waals surface area contributed by atoms with Crippen LogP contribution in [-0.2, 0) is 13.0 Å². The van der Waals surface area contributed by atoms with Crippen molar-refractivity contribution in [3.63, 3.8) is 0 Å². The van der Waals surface area contributed by atoms with Crippen LogP contribution in [0.1, 0.15) is 17.2 Å². The second-order valence-corrected chi connectivity index (χ2v) is 10.4. The average Bonchev–Trinajstić information content (AvgIpc) is 3.55. The van der Waals surface area contributed by atoms with Crippen LogP contribution >= 0.6 is 11.6 Å². The predicted molar refractivity (Wildman–Crippen MR) is 155 cm³/mol. The van der Waals surface area contributed by atoms with Gasteiger partial charge in [-0.15, -0.1) is 0 Å². The molecule has 2 N–H and O–H groups in total. The van der Waals surface area contributed by atoms with E-state index in [1.54, 1.807) is 6.20 Å². The third-order valence-electron chi connectivity index (χ3n) is 7.66. The van der Waals surface area contributed by atoms with Gasteiger partial charge in [-0.05, 0) is 28.5 Å². The number of hydrogen-bond donors (Lipinski definition) is 2. The maximum absolute atomic E-state index is 11.3. The molecule has 0 radical (unpaired) electrons. The Bertz CT molecular complexity index is 1860. The minimum absolute atomic E-state index is 0.391. The van der Waals surface area contributed by atoms with E-state index in [1.165, 1.54) is 10.5 Å². The van der Waals surface area contributed by atoms with Gasteiger partial charge in [0.1, 0.15) is 22.9 Å². The number of imidazole rings is 2. The van der Waals surface area contributed by atoms with Gasteiger partial charge in [0.15, 0.2) is 5.15 Å². The van der Waals surface area contributed by atoms with Crippen LogP contribution in [0.2, 0.25) is 5.15 Å². The summed E-state index contributed by atoms with van der Waals surface area (Å²) in [6.45, 7) is 2.83. The van der Waals surface area contributed by atoms with E-state index in [9.17, 15) is 9.90 Å². The van der Waals surface area contributed by atoms with Gasteiger partial charge in [0.25, 0.3) is 0 Å². The quantitative estimate of drug-likeness (QED) is 0.295. The Morgan fingerprint density at radius 1 is 0.950 bits per heavy atom. The number of hydrogen-bond acceptors (Lipinski definition) is 5. The number of rotatable bonds is 5. The molecule has 1 aliphatic rings. The highest BCUT2D eigenvalue weighted by molar-refractivity contribution is 6.33. The summed E-state index contributed by atoms with van der Waals surface area (Å²) in [6.07, 6.45) is 3.37. The highest BCUT2D eigenvalue weighted by atomic mass is 35.5. The zero-order valence-electron chi connectivity index (χ0n) is 21.6. The van der Waals surface area contributed by atoms with Crippen molar-refractivity contribution in [1.29, 1.82) is 0 Å². The van der Waals surface area contributed by atoms with Gasteiger partial charge in [-0.2, -0.15) is 0 Å². The third-order valence-corrected chi connectivity index (χ3v) is 7.93. The molecule has 1 saturated heterocycles. The van der Waals surface area contributed by atoms with Crippen LogP contribution in [0.15, 0.2) is 73.1 Å². The summed E-state index contributed by atoms with van der Waals surface area (Å²) in [5.74, 6) is 1.76. The van der Waals surface area contributed by atoms with E-state index < -0.39 is 6.09 Å². The smallest absolute Gasteiger partial charge is 0.407 e. The van der Waals surface area contributed by atoms with Crippen molar-refractivity contribution >= 4 is 45.0 Å². The summed E-state index contributed by atoms with van der Waals surface area (Å²) in [7, 11) is 0. The normalized spacial score (nSPS) is 14.5. The Kier molecular flexibility index (Phi) is 6.10. The molecule has 0 spiro atoms. The molecule has 0 saturated carbocycles. The summed E-state index contributed by atoms with van der Waals surface area (Å²) in [5.41, 5.74) is 5.69. The van der Waals surface area contributed by atoms with E-state index in [4.69, 9.17) is 21.6 Å². The van der Waals surface area contributed by atoms with Crippen LogP contribution in [0.5, 0.6) is 0 Å². The van der Waals surface area contributed by atoms with Crippen molar-refractivity contribution in [2.75, 3.05) is 26.2 Å². The maximum atomic E-state index is 11.3. The molecule has 6 aromatic rings. The number of fused-ring (bicyclic) bond motifs is 3. The molecule has 3 aromatic carbocycles. The van der Waals surface area contributed by atoms with Gasteiger partial charge in [0, 0.05) is 50.6 Å². The SMILES string of the molecule is O=C(O)N1CCN(Cc2nc(-c3ccc(Cc4nc5ccccc5[nH]4)c4ccccc34)c3c(Cl)nccn23)CC1. The minimum Gasteiger partial charge on any atom is -0.465 e. The second-order valence-electron chi connectivity index (χ2n) is 10.1. The molecule has 0 atom stereocenters. The van der Waals surface area contributed by atoms with E-state index in [0.717, 1.165) is 50.2 Å². The fourth-order valence-electron chi connectivity index (χ4n) is 5.65. The van der Waals surface area contributed by atoms with E-state index >= 15 is 0 Å². The molecule has 0 bridgehead atoms. The van der Waals surface area contributed by atoms with Gasteiger partial charge >= 0.3 is 6.09 Å². The monoisotopic (exact) mass is 551 g/mol. The fourth-order valence-corrected chi connectivity index (χ4v) is 5.89. The number of aromatic nitrogens is 5. The molecule has 1 aliphatic heterocycles. The lowest BCUT2D eigenvalue weighted by molar-refractivity contribution is 0.102. The van der Waals surface area contributed by atoms with Crippen molar-refractivity contribution in [2.45, 2.75) is 13.0 Å². The summed E-state index contributed by atoms with van der Waals surface area (Å²) in [5, 5.41) is 11.9. The molecule has 7 rings (SSSR count). The molecule has 4 heterocycles. The van der Waals surface area contributed by atoms with Gasteiger partial charge in [-0.3, -0.25) is 9.30 Å². The van der Waals surface area contributed by atoms with Crippen molar-refractivity contribution < 1.29 is 9.90 Å². The number of aromatic amines is 1. The second kappa shape index (κ2) is 9.93. The zero-order chi connectivity index (χ0) is 27.2. The summed E-state index contributed by atoms with van der Waals surface area (Å²) in [6, 6.07) is 20.7. The Labute approximate surface area is 234 Å². The predicted octanol–water partition coefficient (Wildman–Crippen LogP) is 5.47. The Hall–Kier alpha value is -4.47. The number of para-hydroxylation sites is 2. The fraction of sp³-hybridized carbons (Fsp3) is 0.200. The van der Waals surface area contributed by atoms with Crippen LogP contribution in [0.3, 0.4) is 0 Å². The van der Waals surface area contributed by atoms with Crippen LogP contribution < -0.4 is 0 Å². The summed E-state index contributed by atoms with van der Waals surface area (Å²) in [4.78, 5) is 32.7. The number of nitrogens with zero attached hydrogens (tertiary/aromatic N) is 6. The average molecular weight is 552 g/mol.